The Hall–Kier alpha value is -3.35. The van der Waals surface area contributed by atoms with Crippen LogP contribution >= 0.6 is 0 Å². The number of rotatable bonds is 7. The number of benzene rings is 2. The number of aromatic carboxylic acids is 1. The molecule has 0 aliphatic heterocycles. The third-order valence-corrected chi connectivity index (χ3v) is 4.65. The fourth-order valence-electron chi connectivity index (χ4n) is 3.01. The third kappa shape index (κ3) is 5.13. The number of methoxy groups -OCH3 is 1. The second-order valence-electron chi connectivity index (χ2n) is 7.17. The van der Waals surface area contributed by atoms with Gasteiger partial charge in [0.15, 0.2) is 0 Å². The van der Waals surface area contributed by atoms with Gasteiger partial charge in [0, 0.05) is 5.69 Å². The zero-order chi connectivity index (χ0) is 21.7. The maximum atomic E-state index is 12.9. The Morgan fingerprint density at radius 2 is 1.66 bits per heavy atom. The highest BCUT2D eigenvalue weighted by Crippen LogP contribution is 2.22. The van der Waals surface area contributed by atoms with Gasteiger partial charge in [-0.25, -0.2) is 4.79 Å². The fourth-order valence-corrected chi connectivity index (χ4v) is 3.01. The van der Waals surface area contributed by atoms with Crippen molar-refractivity contribution in [2.75, 3.05) is 12.4 Å². The smallest absolute Gasteiger partial charge is 0.336 e. The normalized spacial score (nSPS) is 11.7. The molecule has 7 heteroatoms. The predicted octanol–water partition coefficient (Wildman–Crippen LogP) is 3.40. The van der Waals surface area contributed by atoms with E-state index in [1.54, 1.807) is 44.2 Å². The summed E-state index contributed by atoms with van der Waals surface area (Å²) in [6.45, 7) is 7.12. The van der Waals surface area contributed by atoms with E-state index in [-0.39, 0.29) is 11.5 Å². The van der Waals surface area contributed by atoms with Crippen molar-refractivity contribution in [2.24, 2.45) is 5.92 Å². The number of carboxylic acid groups (broad SMARTS) is 1. The Balaban J connectivity index is 2.26. The van der Waals surface area contributed by atoms with Crippen molar-refractivity contribution in [1.29, 1.82) is 0 Å². The van der Waals surface area contributed by atoms with E-state index in [0.717, 1.165) is 5.56 Å². The van der Waals surface area contributed by atoms with Gasteiger partial charge in [-0.15, -0.1) is 0 Å². The number of hydrogen-bond donors (Lipinski definition) is 3. The fraction of sp³-hybridized carbons (Fsp3) is 0.318. The first kappa shape index (κ1) is 21.9. The summed E-state index contributed by atoms with van der Waals surface area (Å²) in [5, 5.41) is 14.8. The summed E-state index contributed by atoms with van der Waals surface area (Å²) in [6, 6.07) is 9.07. The van der Waals surface area contributed by atoms with E-state index < -0.39 is 23.8 Å². The van der Waals surface area contributed by atoms with Gasteiger partial charge in [-0.05, 0) is 49.1 Å². The number of carboxylic acids is 1. The number of nitrogens with one attached hydrogen (secondary N) is 2. The van der Waals surface area contributed by atoms with Crippen LogP contribution in [0.5, 0.6) is 5.75 Å². The van der Waals surface area contributed by atoms with Crippen molar-refractivity contribution in [1.82, 2.24) is 5.32 Å². The Labute approximate surface area is 170 Å². The molecule has 0 radical (unpaired) electrons. The molecule has 2 amide bonds. The highest BCUT2D eigenvalue weighted by molar-refractivity contribution is 6.03. The van der Waals surface area contributed by atoms with E-state index in [1.807, 2.05) is 13.8 Å². The SMILES string of the molecule is COc1ccccc1C(=O)NC(C(=O)Nc1cc(C(=O)O)c(C)cc1C)C(C)C. The Morgan fingerprint density at radius 3 is 2.24 bits per heavy atom. The first-order chi connectivity index (χ1) is 13.6. The number of amides is 2. The highest BCUT2D eigenvalue weighted by Gasteiger charge is 2.26. The molecule has 2 rings (SSSR count). The minimum atomic E-state index is -1.07. The molecule has 0 fully saturated rings. The van der Waals surface area contributed by atoms with Gasteiger partial charge in [0.25, 0.3) is 5.91 Å². The first-order valence-electron chi connectivity index (χ1n) is 9.25. The summed E-state index contributed by atoms with van der Waals surface area (Å²) >= 11 is 0. The maximum Gasteiger partial charge on any atom is 0.336 e. The van der Waals surface area contributed by atoms with Gasteiger partial charge in [-0.3, -0.25) is 9.59 Å². The predicted molar refractivity (Wildman–Crippen MR) is 111 cm³/mol. The van der Waals surface area contributed by atoms with Gasteiger partial charge in [0.2, 0.25) is 5.91 Å². The molecule has 0 aliphatic carbocycles. The summed E-state index contributed by atoms with van der Waals surface area (Å²) in [6.07, 6.45) is 0. The summed E-state index contributed by atoms with van der Waals surface area (Å²) in [5.74, 6) is -1.70. The molecule has 0 saturated carbocycles. The van der Waals surface area contributed by atoms with Gasteiger partial charge in [-0.2, -0.15) is 0 Å². The lowest BCUT2D eigenvalue weighted by molar-refractivity contribution is -0.118. The van der Waals surface area contributed by atoms with Gasteiger partial charge >= 0.3 is 5.97 Å². The van der Waals surface area contributed by atoms with Gasteiger partial charge in [0.05, 0.1) is 18.2 Å². The summed E-state index contributed by atoms with van der Waals surface area (Å²) in [7, 11) is 1.47. The molecule has 2 aromatic carbocycles. The van der Waals surface area contributed by atoms with E-state index in [2.05, 4.69) is 10.6 Å². The average Bonchev–Trinajstić information content (AvgIpc) is 2.67. The average molecular weight is 398 g/mol. The molecule has 3 N–H and O–H groups in total. The monoisotopic (exact) mass is 398 g/mol. The lowest BCUT2D eigenvalue weighted by Gasteiger charge is -2.23. The van der Waals surface area contributed by atoms with Crippen LogP contribution in [-0.2, 0) is 4.79 Å². The van der Waals surface area contributed by atoms with Gasteiger partial charge in [0.1, 0.15) is 11.8 Å². The zero-order valence-electron chi connectivity index (χ0n) is 17.2. The molecular weight excluding hydrogens is 372 g/mol. The van der Waals surface area contributed by atoms with Crippen LogP contribution in [0.3, 0.4) is 0 Å². The van der Waals surface area contributed by atoms with Crippen molar-refractivity contribution in [2.45, 2.75) is 33.7 Å². The molecular formula is C22H26N2O5. The van der Waals surface area contributed by atoms with Crippen molar-refractivity contribution in [3.8, 4) is 5.75 Å². The van der Waals surface area contributed by atoms with E-state index in [0.29, 0.717) is 22.6 Å². The molecule has 1 unspecified atom stereocenters. The Bertz CT molecular complexity index is 937. The molecule has 0 bridgehead atoms. The minimum Gasteiger partial charge on any atom is -0.496 e. The van der Waals surface area contributed by atoms with Crippen LogP contribution in [-0.4, -0.2) is 36.0 Å². The molecule has 2 aromatic rings. The van der Waals surface area contributed by atoms with Gasteiger partial charge < -0.3 is 20.5 Å². The van der Waals surface area contributed by atoms with E-state index in [4.69, 9.17) is 4.74 Å². The minimum absolute atomic E-state index is 0.116. The van der Waals surface area contributed by atoms with Crippen LogP contribution in [0.25, 0.3) is 0 Å². The van der Waals surface area contributed by atoms with E-state index in [9.17, 15) is 19.5 Å². The second-order valence-corrected chi connectivity index (χ2v) is 7.17. The molecule has 0 heterocycles. The summed E-state index contributed by atoms with van der Waals surface area (Å²) in [5.41, 5.74) is 2.19. The molecule has 29 heavy (non-hydrogen) atoms. The van der Waals surface area contributed by atoms with Gasteiger partial charge in [-0.1, -0.05) is 32.0 Å². The van der Waals surface area contributed by atoms with E-state index in [1.165, 1.54) is 13.2 Å². The summed E-state index contributed by atoms with van der Waals surface area (Å²) < 4.78 is 5.21. The molecule has 0 spiro atoms. The first-order valence-corrected chi connectivity index (χ1v) is 9.25. The molecule has 0 aliphatic rings. The molecule has 154 valence electrons. The standard InChI is InChI=1S/C22H26N2O5/c1-12(2)19(24-20(25)15-8-6-7-9-18(15)29-5)21(26)23-17-11-16(22(27)28)13(3)10-14(17)4/h6-12,19H,1-5H3,(H,23,26)(H,24,25)(H,27,28). The maximum absolute atomic E-state index is 12.9. The van der Waals surface area contributed by atoms with Crippen LogP contribution in [0.1, 0.15) is 45.7 Å². The van der Waals surface area contributed by atoms with Crippen molar-refractivity contribution >= 4 is 23.5 Å². The van der Waals surface area contributed by atoms with Crippen molar-refractivity contribution in [3.05, 3.63) is 58.7 Å². The largest absolute Gasteiger partial charge is 0.496 e. The number of ether oxygens (including phenoxy) is 1. The molecule has 1 atom stereocenters. The number of anilines is 1. The third-order valence-electron chi connectivity index (χ3n) is 4.65. The summed E-state index contributed by atoms with van der Waals surface area (Å²) in [4.78, 5) is 37.0. The van der Waals surface area contributed by atoms with Crippen LogP contribution in [0.4, 0.5) is 5.69 Å². The van der Waals surface area contributed by atoms with Crippen LogP contribution < -0.4 is 15.4 Å². The topological polar surface area (TPSA) is 105 Å². The second kappa shape index (κ2) is 9.23. The number of aryl methyl sites for hydroxylation is 2. The van der Waals surface area contributed by atoms with Crippen LogP contribution in [0.15, 0.2) is 36.4 Å². The van der Waals surface area contributed by atoms with E-state index >= 15 is 0 Å². The highest BCUT2D eigenvalue weighted by atomic mass is 16.5. The molecule has 0 aromatic heterocycles. The van der Waals surface area contributed by atoms with Crippen LogP contribution in [0.2, 0.25) is 0 Å². The number of carbonyl (C=O) groups is 3. The lowest BCUT2D eigenvalue weighted by Crippen LogP contribution is -2.47. The Morgan fingerprint density at radius 1 is 1.00 bits per heavy atom. The molecule has 0 saturated heterocycles. The number of para-hydroxylation sites is 1. The van der Waals surface area contributed by atoms with Crippen molar-refractivity contribution < 1.29 is 24.2 Å². The zero-order valence-corrected chi connectivity index (χ0v) is 17.2. The lowest BCUT2D eigenvalue weighted by atomic mass is 10.0. The number of carbonyl (C=O) groups excluding carboxylic acids is 2. The van der Waals surface area contributed by atoms with Crippen molar-refractivity contribution in [3.63, 3.8) is 0 Å². The quantitative estimate of drug-likeness (QED) is 0.663. The molecule has 7 nitrogen and oxygen atoms in total. The Kier molecular flexibility index (Phi) is 6.98. The van der Waals surface area contributed by atoms with Crippen LogP contribution in [0, 0.1) is 19.8 Å². The number of hydrogen-bond acceptors (Lipinski definition) is 4.